The minimum absolute atomic E-state index is 0.0596. The van der Waals surface area contributed by atoms with Gasteiger partial charge in [0.15, 0.2) is 0 Å². The molecule has 1 saturated heterocycles. The average molecular weight is 346 g/mol. The number of amides is 2. The highest BCUT2D eigenvalue weighted by molar-refractivity contribution is 5.90. The van der Waals surface area contributed by atoms with Crippen molar-refractivity contribution in [3.8, 4) is 0 Å². The molecule has 25 heavy (non-hydrogen) atoms. The highest BCUT2D eigenvalue weighted by Crippen LogP contribution is 2.23. The zero-order valence-corrected chi connectivity index (χ0v) is 15.3. The summed E-state index contributed by atoms with van der Waals surface area (Å²) in [5, 5.41) is 11.5. The van der Waals surface area contributed by atoms with Crippen molar-refractivity contribution in [2.75, 3.05) is 31.5 Å². The summed E-state index contributed by atoms with van der Waals surface area (Å²) in [6.07, 6.45) is 1.58. The van der Waals surface area contributed by atoms with Gasteiger partial charge in [0.1, 0.15) is 6.26 Å². The van der Waals surface area contributed by atoms with E-state index in [-0.39, 0.29) is 12.1 Å². The quantitative estimate of drug-likeness (QED) is 0.920. The van der Waals surface area contributed by atoms with E-state index < -0.39 is 0 Å². The predicted molar refractivity (Wildman–Crippen MR) is 94.5 cm³/mol. The molecule has 0 radical (unpaired) electrons. The number of rotatable bonds is 4. The normalized spacial score (nSPS) is 15.8. The second-order valence-corrected chi connectivity index (χ2v) is 6.77. The lowest BCUT2D eigenvalue weighted by atomic mass is 10.3. The Morgan fingerprint density at radius 3 is 2.56 bits per heavy atom. The maximum atomic E-state index is 12.6. The van der Waals surface area contributed by atoms with Gasteiger partial charge >= 0.3 is 6.03 Å². The monoisotopic (exact) mass is 346 g/mol. The second-order valence-electron chi connectivity index (χ2n) is 6.77. The van der Waals surface area contributed by atoms with E-state index in [9.17, 15) is 4.79 Å². The standard InChI is InChI=1S/C17H26N6O2/c1-12(2)23-14(4)16(13(3)19-23)18-17(24)22-8-6-21(7-9-22)11-15-5-10-25-20-15/h5,10,12H,6-9,11H2,1-4H3,(H,18,24). The van der Waals surface area contributed by atoms with Gasteiger partial charge in [-0.15, -0.1) is 0 Å². The van der Waals surface area contributed by atoms with Crippen LogP contribution >= 0.6 is 0 Å². The van der Waals surface area contributed by atoms with E-state index in [1.807, 2.05) is 29.5 Å². The number of hydrogen-bond acceptors (Lipinski definition) is 5. The van der Waals surface area contributed by atoms with E-state index in [1.54, 1.807) is 6.26 Å². The lowest BCUT2D eigenvalue weighted by Crippen LogP contribution is -2.49. The molecule has 3 heterocycles. The molecule has 0 unspecified atom stereocenters. The first-order valence-corrected chi connectivity index (χ1v) is 8.69. The summed E-state index contributed by atoms with van der Waals surface area (Å²) in [7, 11) is 0. The average Bonchev–Trinajstić information content (AvgIpc) is 3.18. The number of aromatic nitrogens is 3. The number of carbonyl (C=O) groups excluding carboxylic acids is 1. The Kier molecular flexibility index (Phi) is 5.08. The van der Waals surface area contributed by atoms with Gasteiger partial charge in [-0.2, -0.15) is 5.10 Å². The van der Waals surface area contributed by atoms with Gasteiger partial charge < -0.3 is 14.7 Å². The molecule has 0 bridgehead atoms. The molecular weight excluding hydrogens is 320 g/mol. The molecule has 1 N–H and O–H groups in total. The van der Waals surface area contributed by atoms with Crippen molar-refractivity contribution in [2.24, 2.45) is 0 Å². The number of hydrogen-bond donors (Lipinski definition) is 1. The van der Waals surface area contributed by atoms with Crippen LogP contribution in [0.3, 0.4) is 0 Å². The highest BCUT2D eigenvalue weighted by Gasteiger charge is 2.23. The fourth-order valence-corrected chi connectivity index (χ4v) is 3.19. The molecule has 0 saturated carbocycles. The van der Waals surface area contributed by atoms with Gasteiger partial charge in [0.25, 0.3) is 0 Å². The van der Waals surface area contributed by atoms with Crippen molar-refractivity contribution < 1.29 is 9.32 Å². The van der Waals surface area contributed by atoms with Crippen LogP contribution in [0.1, 0.15) is 37.0 Å². The van der Waals surface area contributed by atoms with Crippen molar-refractivity contribution >= 4 is 11.7 Å². The summed E-state index contributed by atoms with van der Waals surface area (Å²) in [5.41, 5.74) is 3.59. The third-order valence-electron chi connectivity index (χ3n) is 4.58. The molecule has 2 amide bonds. The molecule has 2 aromatic heterocycles. The van der Waals surface area contributed by atoms with Gasteiger partial charge in [0, 0.05) is 44.8 Å². The summed E-state index contributed by atoms with van der Waals surface area (Å²) in [4.78, 5) is 16.7. The Balaban J connectivity index is 1.56. The van der Waals surface area contributed by atoms with E-state index in [2.05, 4.69) is 34.3 Å². The van der Waals surface area contributed by atoms with E-state index in [1.165, 1.54) is 0 Å². The first-order chi connectivity index (χ1) is 12.0. The van der Waals surface area contributed by atoms with Crippen molar-refractivity contribution in [1.82, 2.24) is 24.7 Å². The fraction of sp³-hybridized carbons (Fsp3) is 0.588. The number of nitrogens with zero attached hydrogens (tertiary/aromatic N) is 5. The second kappa shape index (κ2) is 7.26. The first-order valence-electron chi connectivity index (χ1n) is 8.69. The van der Waals surface area contributed by atoms with E-state index in [0.29, 0.717) is 13.1 Å². The summed E-state index contributed by atoms with van der Waals surface area (Å²) in [6, 6.07) is 2.08. The molecular formula is C17H26N6O2. The number of urea groups is 1. The van der Waals surface area contributed by atoms with Crippen LogP contribution in [-0.2, 0) is 6.54 Å². The molecule has 1 aliphatic rings. The smallest absolute Gasteiger partial charge is 0.322 e. The molecule has 1 fully saturated rings. The Morgan fingerprint density at radius 2 is 2.00 bits per heavy atom. The van der Waals surface area contributed by atoms with Crippen molar-refractivity contribution in [2.45, 2.75) is 40.3 Å². The topological polar surface area (TPSA) is 79.4 Å². The van der Waals surface area contributed by atoms with Gasteiger partial charge in [0.2, 0.25) is 0 Å². The lowest BCUT2D eigenvalue weighted by molar-refractivity contribution is 0.141. The lowest BCUT2D eigenvalue weighted by Gasteiger charge is -2.34. The minimum atomic E-state index is -0.0596. The molecule has 0 aliphatic carbocycles. The SMILES string of the molecule is Cc1nn(C(C)C)c(C)c1NC(=O)N1CCN(Cc2ccon2)CC1. The number of anilines is 1. The van der Waals surface area contributed by atoms with Crippen LogP contribution in [0.15, 0.2) is 16.9 Å². The van der Waals surface area contributed by atoms with Crippen LogP contribution in [0, 0.1) is 13.8 Å². The molecule has 8 heteroatoms. The maximum absolute atomic E-state index is 12.6. The number of nitrogens with one attached hydrogen (secondary N) is 1. The van der Waals surface area contributed by atoms with E-state index >= 15 is 0 Å². The number of aryl methyl sites for hydroxylation is 1. The van der Waals surface area contributed by atoms with Crippen molar-refractivity contribution in [3.05, 3.63) is 29.4 Å². The molecule has 0 aromatic carbocycles. The summed E-state index contributed by atoms with van der Waals surface area (Å²) in [5.74, 6) is 0. The molecule has 1 aliphatic heterocycles. The van der Waals surface area contributed by atoms with Gasteiger partial charge in [-0.05, 0) is 27.7 Å². The van der Waals surface area contributed by atoms with Crippen LogP contribution in [0.4, 0.5) is 10.5 Å². The first kappa shape index (κ1) is 17.5. The van der Waals surface area contributed by atoms with Crippen LogP contribution in [0.2, 0.25) is 0 Å². The van der Waals surface area contributed by atoms with E-state index in [0.717, 1.165) is 42.4 Å². The van der Waals surface area contributed by atoms with Crippen molar-refractivity contribution in [3.63, 3.8) is 0 Å². The summed E-state index contributed by atoms with van der Waals surface area (Å²) >= 11 is 0. The van der Waals surface area contributed by atoms with Gasteiger partial charge in [-0.25, -0.2) is 4.79 Å². The Hall–Kier alpha value is -2.35. The van der Waals surface area contributed by atoms with Gasteiger partial charge in [-0.3, -0.25) is 9.58 Å². The number of carbonyl (C=O) groups is 1. The Morgan fingerprint density at radius 1 is 1.28 bits per heavy atom. The molecule has 0 atom stereocenters. The van der Waals surface area contributed by atoms with Crippen LogP contribution in [0.5, 0.6) is 0 Å². The Labute approximate surface area is 147 Å². The van der Waals surface area contributed by atoms with Crippen LogP contribution in [-0.4, -0.2) is 56.9 Å². The zero-order valence-electron chi connectivity index (χ0n) is 15.3. The molecule has 3 rings (SSSR count). The maximum Gasteiger partial charge on any atom is 0.322 e. The van der Waals surface area contributed by atoms with Crippen LogP contribution < -0.4 is 5.32 Å². The predicted octanol–water partition coefficient (Wildman–Crippen LogP) is 2.42. The van der Waals surface area contributed by atoms with Gasteiger partial charge in [0.05, 0.1) is 22.8 Å². The third-order valence-corrected chi connectivity index (χ3v) is 4.58. The van der Waals surface area contributed by atoms with Gasteiger partial charge in [-0.1, -0.05) is 5.16 Å². The fourth-order valence-electron chi connectivity index (χ4n) is 3.19. The molecule has 136 valence electrons. The highest BCUT2D eigenvalue weighted by atomic mass is 16.5. The molecule has 8 nitrogen and oxygen atoms in total. The summed E-state index contributed by atoms with van der Waals surface area (Å²) in [6.45, 7) is 11.9. The number of piperazine rings is 1. The Bertz CT molecular complexity index is 714. The largest absolute Gasteiger partial charge is 0.364 e. The molecule has 2 aromatic rings. The zero-order chi connectivity index (χ0) is 18.0. The summed E-state index contributed by atoms with van der Waals surface area (Å²) < 4.78 is 6.81. The molecule has 0 spiro atoms. The van der Waals surface area contributed by atoms with E-state index in [4.69, 9.17) is 4.52 Å². The van der Waals surface area contributed by atoms with Crippen LogP contribution in [0.25, 0.3) is 0 Å². The van der Waals surface area contributed by atoms with Crippen molar-refractivity contribution in [1.29, 1.82) is 0 Å². The minimum Gasteiger partial charge on any atom is -0.364 e. The third kappa shape index (κ3) is 3.84.